The van der Waals surface area contributed by atoms with Crippen LogP contribution in [-0.2, 0) is 0 Å². The second kappa shape index (κ2) is 11.4. The minimum Gasteiger partial charge on any atom is -0.309 e. The molecule has 0 spiro atoms. The lowest BCUT2D eigenvalue weighted by Gasteiger charge is -2.14. The Labute approximate surface area is 289 Å². The molecule has 0 saturated carbocycles. The number of imidazole rings is 1. The van der Waals surface area contributed by atoms with Crippen molar-refractivity contribution in [1.82, 2.24) is 19.1 Å². The second-order valence-corrected chi connectivity index (χ2v) is 12.6. The number of para-hydroxylation sites is 3. The molecular weight excluding hydrogens is 609 g/mol. The van der Waals surface area contributed by atoms with Gasteiger partial charge in [0.1, 0.15) is 16.9 Å². The lowest BCUT2D eigenvalue weighted by molar-refractivity contribution is 1.10. The maximum Gasteiger partial charge on any atom is 0.145 e. The molecule has 50 heavy (non-hydrogen) atoms. The molecule has 10 rings (SSSR count). The first-order valence-electron chi connectivity index (χ1n) is 16.9. The highest BCUT2D eigenvalue weighted by Gasteiger charge is 2.22. The molecule has 0 radical (unpaired) electrons. The predicted octanol–water partition coefficient (Wildman–Crippen LogP) is 11.7. The van der Waals surface area contributed by atoms with E-state index in [1.54, 1.807) is 0 Å². The summed E-state index contributed by atoms with van der Waals surface area (Å²) in [6.45, 7) is 0. The van der Waals surface area contributed by atoms with Crippen LogP contribution in [0.1, 0.15) is 0 Å². The van der Waals surface area contributed by atoms with Gasteiger partial charge in [0.2, 0.25) is 0 Å². The first kappa shape index (κ1) is 28.3. The zero-order valence-corrected chi connectivity index (χ0v) is 27.1. The average Bonchev–Trinajstić information content (AvgIpc) is 3.76. The van der Waals surface area contributed by atoms with Crippen molar-refractivity contribution in [3.05, 3.63) is 182 Å². The standard InChI is InChI=1S/C46H30N4/c1-4-14-32(15-5-1)43-45-44(38-21-10-12-22-40(38)47-43)48-46(33-16-6-2-7-17-33)50(45)36-27-24-31(25-28-36)34-26-29-42-39(30-34)37-20-11-13-23-41(37)49(42)35-18-8-3-9-19-35/h1-30H. The van der Waals surface area contributed by atoms with Crippen LogP contribution < -0.4 is 0 Å². The summed E-state index contributed by atoms with van der Waals surface area (Å²) in [5.41, 5.74) is 12.8. The molecule has 0 N–H and O–H groups in total. The van der Waals surface area contributed by atoms with E-state index in [1.165, 1.54) is 27.4 Å². The van der Waals surface area contributed by atoms with Crippen LogP contribution in [0, 0.1) is 0 Å². The molecule has 234 valence electrons. The predicted molar refractivity (Wildman–Crippen MR) is 207 cm³/mol. The van der Waals surface area contributed by atoms with Crippen molar-refractivity contribution in [2.45, 2.75) is 0 Å². The molecule has 7 aromatic carbocycles. The molecule has 0 fully saturated rings. The van der Waals surface area contributed by atoms with Gasteiger partial charge in [0.05, 0.1) is 22.2 Å². The summed E-state index contributed by atoms with van der Waals surface area (Å²) >= 11 is 0. The molecule has 0 aliphatic carbocycles. The van der Waals surface area contributed by atoms with Crippen LogP contribution in [0.3, 0.4) is 0 Å². The number of aromatic nitrogens is 4. The smallest absolute Gasteiger partial charge is 0.145 e. The van der Waals surface area contributed by atoms with Gasteiger partial charge in [-0.15, -0.1) is 0 Å². The Bertz CT molecular complexity index is 2830. The van der Waals surface area contributed by atoms with E-state index in [0.29, 0.717) is 0 Å². The fourth-order valence-electron chi connectivity index (χ4n) is 7.41. The van der Waals surface area contributed by atoms with Gasteiger partial charge in [0, 0.05) is 38.7 Å². The van der Waals surface area contributed by atoms with E-state index in [0.717, 1.165) is 61.5 Å². The minimum atomic E-state index is 0.888. The third-order valence-corrected chi connectivity index (χ3v) is 9.72. The van der Waals surface area contributed by atoms with Gasteiger partial charge in [-0.1, -0.05) is 133 Å². The number of nitrogens with zero attached hydrogens (tertiary/aromatic N) is 4. The molecule has 0 saturated heterocycles. The highest BCUT2D eigenvalue weighted by atomic mass is 15.1. The Morgan fingerprint density at radius 3 is 1.70 bits per heavy atom. The van der Waals surface area contributed by atoms with Crippen LogP contribution in [-0.4, -0.2) is 19.1 Å². The molecule has 10 aromatic rings. The number of hydrogen-bond acceptors (Lipinski definition) is 2. The van der Waals surface area contributed by atoms with Crippen molar-refractivity contribution in [3.63, 3.8) is 0 Å². The van der Waals surface area contributed by atoms with Gasteiger partial charge in [0.15, 0.2) is 0 Å². The van der Waals surface area contributed by atoms with Crippen molar-refractivity contribution >= 4 is 43.7 Å². The Balaban J connectivity index is 1.17. The molecule has 0 aliphatic rings. The number of rotatable bonds is 5. The van der Waals surface area contributed by atoms with Crippen LogP contribution in [0.5, 0.6) is 0 Å². The van der Waals surface area contributed by atoms with Crippen LogP contribution in [0.2, 0.25) is 0 Å². The van der Waals surface area contributed by atoms with E-state index in [9.17, 15) is 0 Å². The van der Waals surface area contributed by atoms with E-state index in [-0.39, 0.29) is 0 Å². The Hall–Kier alpha value is -6.78. The van der Waals surface area contributed by atoms with Gasteiger partial charge in [0.25, 0.3) is 0 Å². The third kappa shape index (κ3) is 4.46. The first-order valence-corrected chi connectivity index (χ1v) is 16.9. The van der Waals surface area contributed by atoms with Gasteiger partial charge < -0.3 is 4.57 Å². The zero-order chi connectivity index (χ0) is 33.0. The van der Waals surface area contributed by atoms with Crippen LogP contribution in [0.4, 0.5) is 0 Å². The first-order chi connectivity index (χ1) is 24.8. The average molecular weight is 639 g/mol. The maximum atomic E-state index is 5.37. The van der Waals surface area contributed by atoms with E-state index < -0.39 is 0 Å². The van der Waals surface area contributed by atoms with E-state index in [1.807, 2.05) is 18.2 Å². The minimum absolute atomic E-state index is 0.888. The van der Waals surface area contributed by atoms with E-state index in [2.05, 4.69) is 173 Å². The Kier molecular flexibility index (Phi) is 6.46. The second-order valence-electron chi connectivity index (χ2n) is 12.6. The highest BCUT2D eigenvalue weighted by Crippen LogP contribution is 2.39. The van der Waals surface area contributed by atoms with E-state index >= 15 is 0 Å². The van der Waals surface area contributed by atoms with Gasteiger partial charge in [-0.3, -0.25) is 4.57 Å². The van der Waals surface area contributed by atoms with Gasteiger partial charge in [-0.25, -0.2) is 9.97 Å². The molecule has 0 bridgehead atoms. The van der Waals surface area contributed by atoms with Crippen LogP contribution in [0.15, 0.2) is 182 Å². The van der Waals surface area contributed by atoms with Crippen molar-refractivity contribution < 1.29 is 0 Å². The largest absolute Gasteiger partial charge is 0.309 e. The Morgan fingerprint density at radius 2 is 0.940 bits per heavy atom. The number of pyridine rings is 1. The monoisotopic (exact) mass is 638 g/mol. The lowest BCUT2D eigenvalue weighted by atomic mass is 10.0. The summed E-state index contributed by atoms with van der Waals surface area (Å²) < 4.78 is 4.64. The number of benzene rings is 7. The van der Waals surface area contributed by atoms with Gasteiger partial charge >= 0.3 is 0 Å². The zero-order valence-electron chi connectivity index (χ0n) is 27.1. The van der Waals surface area contributed by atoms with Crippen molar-refractivity contribution in [1.29, 1.82) is 0 Å². The molecule has 0 atom stereocenters. The number of hydrogen-bond donors (Lipinski definition) is 0. The van der Waals surface area contributed by atoms with Crippen molar-refractivity contribution in [2.24, 2.45) is 0 Å². The summed E-state index contributed by atoms with van der Waals surface area (Å²) in [4.78, 5) is 10.6. The lowest BCUT2D eigenvalue weighted by Crippen LogP contribution is -2.00. The molecule has 4 nitrogen and oxygen atoms in total. The van der Waals surface area contributed by atoms with Gasteiger partial charge in [-0.2, -0.15) is 0 Å². The van der Waals surface area contributed by atoms with E-state index in [4.69, 9.17) is 9.97 Å². The van der Waals surface area contributed by atoms with Crippen LogP contribution >= 0.6 is 0 Å². The SMILES string of the molecule is c1ccc(-c2nc3ccccc3c3nc(-c4ccccc4)n(-c4ccc(-c5ccc6c(c5)c5ccccc5n6-c5ccccc5)cc4)c23)cc1. The summed E-state index contributed by atoms with van der Waals surface area (Å²) in [5.74, 6) is 0.888. The quantitative estimate of drug-likeness (QED) is 0.188. The highest BCUT2D eigenvalue weighted by molar-refractivity contribution is 6.11. The fourth-order valence-corrected chi connectivity index (χ4v) is 7.41. The molecule has 3 aromatic heterocycles. The normalized spacial score (nSPS) is 11.6. The fraction of sp³-hybridized carbons (Fsp3) is 0. The van der Waals surface area contributed by atoms with Crippen molar-refractivity contribution in [3.8, 4) is 45.1 Å². The van der Waals surface area contributed by atoms with Crippen molar-refractivity contribution in [2.75, 3.05) is 0 Å². The maximum absolute atomic E-state index is 5.37. The number of fused-ring (bicyclic) bond motifs is 6. The summed E-state index contributed by atoms with van der Waals surface area (Å²) in [6, 6.07) is 64.2. The summed E-state index contributed by atoms with van der Waals surface area (Å²) in [7, 11) is 0. The van der Waals surface area contributed by atoms with Crippen LogP contribution in [0.25, 0.3) is 88.9 Å². The molecular formula is C46H30N4. The Morgan fingerprint density at radius 1 is 0.360 bits per heavy atom. The molecule has 4 heteroatoms. The molecule has 0 amide bonds. The summed E-state index contributed by atoms with van der Waals surface area (Å²) in [6.07, 6.45) is 0. The molecule has 3 heterocycles. The molecule has 0 unspecified atom stereocenters. The summed E-state index contributed by atoms with van der Waals surface area (Å²) in [5, 5.41) is 3.52. The third-order valence-electron chi connectivity index (χ3n) is 9.72. The molecule has 0 aliphatic heterocycles. The van der Waals surface area contributed by atoms with Gasteiger partial charge in [-0.05, 0) is 59.7 Å². The topological polar surface area (TPSA) is 35.6 Å².